The average molecular weight is 328 g/mol. The Labute approximate surface area is 145 Å². The number of rotatable bonds is 4. The van der Waals surface area contributed by atoms with E-state index in [1.165, 1.54) is 0 Å². The second-order valence-electron chi connectivity index (χ2n) is 5.39. The van der Waals surface area contributed by atoms with Crippen LogP contribution in [-0.4, -0.2) is 4.98 Å². The highest BCUT2D eigenvalue weighted by atomic mass is 32.1. The van der Waals surface area contributed by atoms with Crippen LogP contribution < -0.4 is 4.90 Å². The topological polar surface area (TPSA) is 16.1 Å². The average Bonchev–Trinajstić information content (AvgIpc) is 3.19. The molecule has 0 atom stereocenters. The second kappa shape index (κ2) is 6.69. The summed E-state index contributed by atoms with van der Waals surface area (Å²) >= 11 is 1.66. The minimum atomic E-state index is 1.04. The van der Waals surface area contributed by atoms with Crippen molar-refractivity contribution >= 4 is 28.4 Å². The molecule has 0 radical (unpaired) electrons. The smallest absolute Gasteiger partial charge is 0.123 e. The molecule has 0 saturated heterocycles. The van der Waals surface area contributed by atoms with Crippen LogP contribution in [0.4, 0.5) is 17.1 Å². The van der Waals surface area contributed by atoms with Crippen LogP contribution in [0.2, 0.25) is 0 Å². The summed E-state index contributed by atoms with van der Waals surface area (Å²) in [5.41, 5.74) is 4.54. The predicted molar refractivity (Wildman–Crippen MR) is 102 cm³/mol. The van der Waals surface area contributed by atoms with E-state index in [2.05, 4.69) is 82.7 Å². The molecule has 0 saturated carbocycles. The van der Waals surface area contributed by atoms with Crippen molar-refractivity contribution in [2.24, 2.45) is 0 Å². The Kier molecular flexibility index (Phi) is 4.09. The second-order valence-corrected chi connectivity index (χ2v) is 6.29. The van der Waals surface area contributed by atoms with Gasteiger partial charge in [-0.15, -0.1) is 11.3 Å². The minimum absolute atomic E-state index is 1.04. The summed E-state index contributed by atoms with van der Waals surface area (Å²) in [6.45, 7) is 0. The maximum absolute atomic E-state index is 4.43. The van der Waals surface area contributed by atoms with Gasteiger partial charge in [-0.25, -0.2) is 4.98 Å². The lowest BCUT2D eigenvalue weighted by Gasteiger charge is -2.25. The molecule has 116 valence electrons. The van der Waals surface area contributed by atoms with Crippen LogP contribution in [0.1, 0.15) is 0 Å². The van der Waals surface area contributed by atoms with E-state index in [0.29, 0.717) is 0 Å². The zero-order chi connectivity index (χ0) is 16.2. The fraction of sp³-hybridized carbons (Fsp3) is 0. The van der Waals surface area contributed by atoms with Crippen LogP contribution in [0.5, 0.6) is 0 Å². The Bertz CT molecular complexity index is 864. The molecule has 0 fully saturated rings. The van der Waals surface area contributed by atoms with E-state index in [1.807, 2.05) is 23.7 Å². The van der Waals surface area contributed by atoms with Crippen molar-refractivity contribution in [2.75, 3.05) is 4.90 Å². The van der Waals surface area contributed by atoms with Gasteiger partial charge in [0.05, 0.1) is 0 Å². The van der Waals surface area contributed by atoms with Crippen molar-refractivity contribution in [1.29, 1.82) is 0 Å². The molecule has 24 heavy (non-hydrogen) atoms. The summed E-state index contributed by atoms with van der Waals surface area (Å²) in [6, 6.07) is 29.4. The summed E-state index contributed by atoms with van der Waals surface area (Å²) in [6.07, 6.45) is 1.85. The third kappa shape index (κ3) is 2.94. The van der Waals surface area contributed by atoms with Gasteiger partial charge in [0.15, 0.2) is 0 Å². The van der Waals surface area contributed by atoms with Crippen molar-refractivity contribution in [3.63, 3.8) is 0 Å². The minimum Gasteiger partial charge on any atom is -0.310 e. The van der Waals surface area contributed by atoms with Crippen LogP contribution in [0.3, 0.4) is 0 Å². The lowest BCUT2D eigenvalue weighted by atomic mass is 10.1. The summed E-state index contributed by atoms with van der Waals surface area (Å²) in [7, 11) is 0. The van der Waals surface area contributed by atoms with Gasteiger partial charge in [0.25, 0.3) is 0 Å². The highest BCUT2D eigenvalue weighted by Crippen LogP contribution is 2.36. The van der Waals surface area contributed by atoms with E-state index >= 15 is 0 Å². The van der Waals surface area contributed by atoms with Crippen LogP contribution in [0.15, 0.2) is 96.5 Å². The first kappa shape index (κ1) is 14.7. The predicted octanol–water partition coefficient (Wildman–Crippen LogP) is 6.28. The highest BCUT2D eigenvalue weighted by Gasteiger charge is 2.12. The van der Waals surface area contributed by atoms with Gasteiger partial charge in [0.2, 0.25) is 0 Å². The summed E-state index contributed by atoms with van der Waals surface area (Å²) in [5.74, 6) is 0. The highest BCUT2D eigenvalue weighted by molar-refractivity contribution is 7.13. The first-order chi connectivity index (χ1) is 11.9. The van der Waals surface area contributed by atoms with Gasteiger partial charge in [-0.1, -0.05) is 48.5 Å². The van der Waals surface area contributed by atoms with Gasteiger partial charge in [-0.3, -0.25) is 0 Å². The van der Waals surface area contributed by atoms with Crippen molar-refractivity contribution < 1.29 is 0 Å². The molecular weight excluding hydrogens is 312 g/mol. The quantitative estimate of drug-likeness (QED) is 0.438. The molecule has 4 rings (SSSR count). The largest absolute Gasteiger partial charge is 0.310 e. The zero-order valence-electron chi connectivity index (χ0n) is 13.0. The molecule has 3 aromatic carbocycles. The molecule has 0 N–H and O–H groups in total. The third-order valence-electron chi connectivity index (χ3n) is 3.81. The lowest BCUT2D eigenvalue weighted by Crippen LogP contribution is -2.09. The van der Waals surface area contributed by atoms with Crippen LogP contribution in [0.25, 0.3) is 10.6 Å². The van der Waals surface area contributed by atoms with Crippen molar-refractivity contribution in [2.45, 2.75) is 0 Å². The van der Waals surface area contributed by atoms with Gasteiger partial charge < -0.3 is 4.90 Å². The molecule has 0 bridgehead atoms. The van der Waals surface area contributed by atoms with Crippen molar-refractivity contribution in [3.05, 3.63) is 96.5 Å². The van der Waals surface area contributed by atoms with Crippen LogP contribution >= 0.6 is 11.3 Å². The van der Waals surface area contributed by atoms with Crippen molar-refractivity contribution in [3.8, 4) is 10.6 Å². The zero-order valence-corrected chi connectivity index (χ0v) is 13.9. The van der Waals surface area contributed by atoms with E-state index in [9.17, 15) is 0 Å². The summed E-state index contributed by atoms with van der Waals surface area (Å²) < 4.78 is 0. The third-order valence-corrected chi connectivity index (χ3v) is 4.63. The molecule has 3 heteroatoms. The molecule has 0 amide bonds. The molecule has 0 aliphatic rings. The Morgan fingerprint density at radius 2 is 1.29 bits per heavy atom. The molecule has 4 aromatic rings. The van der Waals surface area contributed by atoms with Gasteiger partial charge in [-0.05, 0) is 36.4 Å². The maximum atomic E-state index is 4.43. The molecular formula is C21H16N2S. The van der Waals surface area contributed by atoms with E-state index in [4.69, 9.17) is 0 Å². The number of nitrogens with zero attached hydrogens (tertiary/aromatic N) is 2. The number of para-hydroxylation sites is 2. The SMILES string of the molecule is c1ccc(N(c2ccccc2)c2cccc(-c3nccs3)c2)cc1. The first-order valence-electron chi connectivity index (χ1n) is 7.82. The Balaban J connectivity index is 1.84. The van der Waals surface area contributed by atoms with Gasteiger partial charge in [0.1, 0.15) is 5.01 Å². The van der Waals surface area contributed by atoms with Crippen molar-refractivity contribution in [1.82, 2.24) is 4.98 Å². The number of hydrogen-bond donors (Lipinski definition) is 0. The van der Waals surface area contributed by atoms with E-state index in [1.54, 1.807) is 11.3 Å². The van der Waals surface area contributed by atoms with Crippen LogP contribution in [-0.2, 0) is 0 Å². The number of anilines is 3. The van der Waals surface area contributed by atoms with E-state index in [0.717, 1.165) is 27.6 Å². The summed E-state index contributed by atoms with van der Waals surface area (Å²) in [4.78, 5) is 6.69. The van der Waals surface area contributed by atoms with Gasteiger partial charge in [0, 0.05) is 34.2 Å². The lowest BCUT2D eigenvalue weighted by molar-refractivity contribution is 1.28. The molecule has 0 unspecified atom stereocenters. The Morgan fingerprint density at radius 3 is 1.88 bits per heavy atom. The molecule has 1 heterocycles. The van der Waals surface area contributed by atoms with E-state index < -0.39 is 0 Å². The van der Waals surface area contributed by atoms with E-state index in [-0.39, 0.29) is 0 Å². The standard InChI is InChI=1S/C21H16N2S/c1-3-9-18(10-4-1)23(19-11-5-2-6-12-19)20-13-7-8-17(16-20)21-22-14-15-24-21/h1-16H. The number of hydrogen-bond acceptors (Lipinski definition) is 3. The van der Waals surface area contributed by atoms with Gasteiger partial charge >= 0.3 is 0 Å². The maximum Gasteiger partial charge on any atom is 0.123 e. The van der Waals surface area contributed by atoms with Crippen LogP contribution in [0, 0.1) is 0 Å². The molecule has 0 aliphatic heterocycles. The normalized spacial score (nSPS) is 10.5. The fourth-order valence-corrected chi connectivity index (χ4v) is 3.38. The molecule has 1 aromatic heterocycles. The Hall–Kier alpha value is -2.91. The fourth-order valence-electron chi connectivity index (χ4n) is 2.75. The number of aromatic nitrogens is 1. The number of thiazole rings is 1. The van der Waals surface area contributed by atoms with Gasteiger partial charge in [-0.2, -0.15) is 0 Å². The monoisotopic (exact) mass is 328 g/mol. The molecule has 0 spiro atoms. The Morgan fingerprint density at radius 1 is 0.667 bits per heavy atom. The summed E-state index contributed by atoms with van der Waals surface area (Å²) in [5, 5.41) is 3.05. The number of benzene rings is 3. The molecule has 2 nitrogen and oxygen atoms in total. The molecule has 0 aliphatic carbocycles. The first-order valence-corrected chi connectivity index (χ1v) is 8.70.